The highest BCUT2D eigenvalue weighted by molar-refractivity contribution is 6.02. The van der Waals surface area contributed by atoms with Gasteiger partial charge in [0.15, 0.2) is 5.76 Å². The molecule has 1 amide bonds. The van der Waals surface area contributed by atoms with Crippen LogP contribution in [0.2, 0.25) is 0 Å². The Morgan fingerprint density at radius 3 is 2.85 bits per heavy atom. The summed E-state index contributed by atoms with van der Waals surface area (Å²) in [6.07, 6.45) is 1.45. The smallest absolute Gasteiger partial charge is 0.291 e. The second-order valence-electron chi connectivity index (χ2n) is 4.15. The van der Waals surface area contributed by atoms with E-state index in [0.717, 1.165) is 5.56 Å². The predicted molar refractivity (Wildman–Crippen MR) is 71.1 cm³/mol. The van der Waals surface area contributed by atoms with E-state index in [4.69, 9.17) is 8.94 Å². The van der Waals surface area contributed by atoms with E-state index in [0.29, 0.717) is 17.4 Å². The van der Waals surface area contributed by atoms with Gasteiger partial charge in [-0.05, 0) is 24.3 Å². The van der Waals surface area contributed by atoms with Crippen LogP contribution in [0, 0.1) is 6.92 Å². The van der Waals surface area contributed by atoms with Crippen molar-refractivity contribution in [3.05, 3.63) is 54.3 Å². The Morgan fingerprint density at radius 1 is 1.25 bits per heavy atom. The molecule has 6 heteroatoms. The molecule has 0 saturated heterocycles. The lowest BCUT2D eigenvalue weighted by Crippen LogP contribution is -2.10. The van der Waals surface area contributed by atoms with E-state index >= 15 is 0 Å². The number of hydrogen-bond acceptors (Lipinski definition) is 5. The third-order valence-corrected chi connectivity index (χ3v) is 2.65. The van der Waals surface area contributed by atoms with Gasteiger partial charge >= 0.3 is 0 Å². The van der Waals surface area contributed by atoms with E-state index in [1.54, 1.807) is 37.3 Å². The van der Waals surface area contributed by atoms with Gasteiger partial charge in [0.05, 0.1) is 6.26 Å². The fourth-order valence-corrected chi connectivity index (χ4v) is 1.75. The summed E-state index contributed by atoms with van der Waals surface area (Å²) in [4.78, 5) is 16.0. The molecule has 0 spiro atoms. The monoisotopic (exact) mass is 269 g/mol. The van der Waals surface area contributed by atoms with Crippen molar-refractivity contribution in [1.82, 2.24) is 10.1 Å². The average Bonchev–Trinajstić information content (AvgIpc) is 3.10. The number of amides is 1. The van der Waals surface area contributed by atoms with Gasteiger partial charge in [-0.15, -0.1) is 0 Å². The van der Waals surface area contributed by atoms with Crippen molar-refractivity contribution in [1.29, 1.82) is 0 Å². The van der Waals surface area contributed by atoms with Gasteiger partial charge in [-0.25, -0.2) is 0 Å². The van der Waals surface area contributed by atoms with Gasteiger partial charge < -0.3 is 14.3 Å². The van der Waals surface area contributed by atoms with Crippen LogP contribution >= 0.6 is 0 Å². The molecular weight excluding hydrogens is 258 g/mol. The highest BCUT2D eigenvalue weighted by atomic mass is 16.5. The molecule has 20 heavy (non-hydrogen) atoms. The summed E-state index contributed by atoms with van der Waals surface area (Å²) in [5, 5.41) is 6.58. The number of aromatic nitrogens is 2. The molecule has 0 bridgehead atoms. The third-order valence-electron chi connectivity index (χ3n) is 2.65. The van der Waals surface area contributed by atoms with Crippen LogP contribution in [0.25, 0.3) is 11.4 Å². The minimum Gasteiger partial charge on any atom is -0.459 e. The normalized spacial score (nSPS) is 10.4. The second kappa shape index (κ2) is 5.00. The molecule has 0 saturated carbocycles. The first kappa shape index (κ1) is 12.2. The zero-order valence-corrected chi connectivity index (χ0v) is 10.7. The quantitative estimate of drug-likeness (QED) is 0.790. The van der Waals surface area contributed by atoms with Crippen LogP contribution in [0.5, 0.6) is 0 Å². The maximum Gasteiger partial charge on any atom is 0.291 e. The minimum atomic E-state index is -0.309. The van der Waals surface area contributed by atoms with Gasteiger partial charge in [-0.2, -0.15) is 4.98 Å². The van der Waals surface area contributed by atoms with E-state index < -0.39 is 0 Å². The highest BCUT2D eigenvalue weighted by Crippen LogP contribution is 2.20. The summed E-state index contributed by atoms with van der Waals surface area (Å²) in [6, 6.07) is 10.4. The molecule has 1 N–H and O–H groups in total. The fourth-order valence-electron chi connectivity index (χ4n) is 1.75. The molecule has 100 valence electrons. The number of nitrogens with one attached hydrogen (secondary N) is 1. The van der Waals surface area contributed by atoms with E-state index in [-0.39, 0.29) is 11.7 Å². The summed E-state index contributed by atoms with van der Waals surface area (Å²) in [5.74, 6) is 0.920. The zero-order valence-electron chi connectivity index (χ0n) is 10.7. The third kappa shape index (κ3) is 2.44. The standard InChI is InChI=1S/C14H11N3O3/c1-9-15-13(17-20-9)10-4-2-5-11(8-10)16-14(18)12-6-3-7-19-12/h2-8H,1H3,(H,16,18). The molecule has 3 aromatic rings. The van der Waals surface area contributed by atoms with Gasteiger partial charge in [0.1, 0.15) is 0 Å². The Kier molecular flexibility index (Phi) is 3.04. The Hall–Kier alpha value is -2.89. The molecule has 0 atom stereocenters. The molecule has 0 radical (unpaired) electrons. The molecule has 0 aliphatic heterocycles. The first-order chi connectivity index (χ1) is 9.72. The van der Waals surface area contributed by atoms with Crippen molar-refractivity contribution in [2.45, 2.75) is 6.92 Å². The predicted octanol–water partition coefficient (Wildman–Crippen LogP) is 2.89. The van der Waals surface area contributed by atoms with Crippen LogP contribution in [-0.2, 0) is 0 Å². The van der Waals surface area contributed by atoms with Crippen molar-refractivity contribution < 1.29 is 13.7 Å². The largest absolute Gasteiger partial charge is 0.459 e. The van der Waals surface area contributed by atoms with Gasteiger partial charge in [-0.1, -0.05) is 17.3 Å². The number of aryl methyl sites for hydroxylation is 1. The minimum absolute atomic E-state index is 0.255. The Balaban J connectivity index is 1.83. The number of rotatable bonds is 3. The molecule has 2 heterocycles. The molecule has 0 unspecified atom stereocenters. The zero-order chi connectivity index (χ0) is 13.9. The molecule has 6 nitrogen and oxygen atoms in total. The number of carbonyl (C=O) groups is 1. The number of furan rings is 1. The molecular formula is C14H11N3O3. The van der Waals surface area contributed by atoms with Gasteiger partial charge in [0.2, 0.25) is 11.7 Å². The van der Waals surface area contributed by atoms with Crippen LogP contribution in [0.3, 0.4) is 0 Å². The van der Waals surface area contributed by atoms with Gasteiger partial charge in [0.25, 0.3) is 5.91 Å². The van der Waals surface area contributed by atoms with Crippen molar-refractivity contribution in [3.8, 4) is 11.4 Å². The van der Waals surface area contributed by atoms with E-state index in [2.05, 4.69) is 15.5 Å². The van der Waals surface area contributed by atoms with Crippen LogP contribution < -0.4 is 5.32 Å². The van der Waals surface area contributed by atoms with Crippen LogP contribution in [-0.4, -0.2) is 16.0 Å². The number of nitrogens with zero attached hydrogens (tertiary/aromatic N) is 2. The average molecular weight is 269 g/mol. The molecule has 3 rings (SSSR count). The van der Waals surface area contributed by atoms with Crippen molar-refractivity contribution in [2.75, 3.05) is 5.32 Å². The lowest BCUT2D eigenvalue weighted by atomic mass is 10.2. The van der Waals surface area contributed by atoms with E-state index in [1.165, 1.54) is 6.26 Å². The fraction of sp³-hybridized carbons (Fsp3) is 0.0714. The summed E-state index contributed by atoms with van der Waals surface area (Å²) >= 11 is 0. The summed E-state index contributed by atoms with van der Waals surface area (Å²) in [7, 11) is 0. The van der Waals surface area contributed by atoms with Gasteiger partial charge in [0, 0.05) is 18.2 Å². The lowest BCUT2D eigenvalue weighted by molar-refractivity contribution is 0.0996. The van der Waals surface area contributed by atoms with Crippen molar-refractivity contribution >= 4 is 11.6 Å². The Morgan fingerprint density at radius 2 is 2.15 bits per heavy atom. The maximum absolute atomic E-state index is 11.9. The second-order valence-corrected chi connectivity index (χ2v) is 4.15. The SMILES string of the molecule is Cc1nc(-c2cccc(NC(=O)c3ccco3)c2)no1. The lowest BCUT2D eigenvalue weighted by Gasteiger charge is -2.04. The number of anilines is 1. The summed E-state index contributed by atoms with van der Waals surface area (Å²) in [5.41, 5.74) is 1.39. The molecule has 0 aliphatic carbocycles. The van der Waals surface area contributed by atoms with Crippen molar-refractivity contribution in [2.24, 2.45) is 0 Å². The van der Waals surface area contributed by atoms with Crippen molar-refractivity contribution in [3.63, 3.8) is 0 Å². The summed E-state index contributed by atoms with van der Waals surface area (Å²) < 4.78 is 9.97. The molecule has 1 aromatic carbocycles. The topological polar surface area (TPSA) is 81.2 Å². The number of hydrogen-bond donors (Lipinski definition) is 1. The van der Waals surface area contributed by atoms with Crippen LogP contribution in [0.1, 0.15) is 16.4 Å². The Bertz CT molecular complexity index is 732. The maximum atomic E-state index is 11.9. The first-order valence-corrected chi connectivity index (χ1v) is 5.98. The van der Waals surface area contributed by atoms with Gasteiger partial charge in [-0.3, -0.25) is 4.79 Å². The van der Waals surface area contributed by atoms with Crippen LogP contribution in [0.15, 0.2) is 51.6 Å². The Labute approximate surface area is 114 Å². The van der Waals surface area contributed by atoms with E-state index in [1.807, 2.05) is 6.07 Å². The molecule has 0 fully saturated rings. The number of benzene rings is 1. The first-order valence-electron chi connectivity index (χ1n) is 5.98. The molecule has 2 aromatic heterocycles. The molecule has 0 aliphatic rings. The highest BCUT2D eigenvalue weighted by Gasteiger charge is 2.10. The van der Waals surface area contributed by atoms with E-state index in [9.17, 15) is 4.79 Å². The summed E-state index contributed by atoms with van der Waals surface area (Å²) in [6.45, 7) is 1.72. The van der Waals surface area contributed by atoms with Crippen LogP contribution in [0.4, 0.5) is 5.69 Å². The number of carbonyl (C=O) groups excluding carboxylic acids is 1.